The second-order valence-corrected chi connectivity index (χ2v) is 7.61. The van der Waals surface area contributed by atoms with E-state index in [1.165, 1.54) is 22.7 Å². The Hall–Kier alpha value is -2.18. The first-order valence-corrected chi connectivity index (χ1v) is 10.3. The molecule has 6 heteroatoms. The summed E-state index contributed by atoms with van der Waals surface area (Å²) in [5.74, 6) is 1.58. The van der Waals surface area contributed by atoms with Gasteiger partial charge in [0.15, 0.2) is 5.82 Å². The van der Waals surface area contributed by atoms with Crippen LogP contribution >= 0.6 is 11.5 Å². The first kappa shape index (κ1) is 19.6. The monoisotopic (exact) mass is 384 g/mol. The average molecular weight is 385 g/mol. The van der Waals surface area contributed by atoms with E-state index in [-0.39, 0.29) is 0 Å². The topological polar surface area (TPSA) is 54.0 Å². The maximum Gasteiger partial charge on any atom is 0.299 e. The van der Waals surface area contributed by atoms with Gasteiger partial charge < -0.3 is 14.6 Å². The summed E-state index contributed by atoms with van der Waals surface area (Å²) in [7, 11) is 2.15. The smallest absolute Gasteiger partial charge is 0.299 e. The molecule has 0 saturated carbocycles. The minimum absolute atomic E-state index is 0.578. The van der Waals surface area contributed by atoms with Crippen LogP contribution in [0.25, 0.3) is 11.4 Å². The zero-order chi connectivity index (χ0) is 19.4. The van der Waals surface area contributed by atoms with Crippen molar-refractivity contribution in [3.8, 4) is 22.3 Å². The second kappa shape index (κ2) is 8.67. The molecule has 144 valence electrons. The van der Waals surface area contributed by atoms with E-state index in [2.05, 4.69) is 66.1 Å². The third-order valence-corrected chi connectivity index (χ3v) is 5.56. The van der Waals surface area contributed by atoms with Crippen molar-refractivity contribution in [1.82, 2.24) is 19.2 Å². The molecule has 0 unspecified atom stereocenters. The molecule has 0 atom stereocenters. The number of H-pyrrole nitrogens is 1. The third kappa shape index (κ3) is 4.57. The van der Waals surface area contributed by atoms with Crippen molar-refractivity contribution in [1.29, 1.82) is 0 Å². The highest BCUT2D eigenvalue weighted by Crippen LogP contribution is 2.31. The Morgan fingerprint density at radius 2 is 2.00 bits per heavy atom. The van der Waals surface area contributed by atoms with Crippen molar-refractivity contribution in [2.45, 2.75) is 40.5 Å². The van der Waals surface area contributed by atoms with E-state index in [0.717, 1.165) is 54.3 Å². The van der Waals surface area contributed by atoms with Gasteiger partial charge in [0.05, 0.1) is 0 Å². The molecule has 0 aliphatic rings. The lowest BCUT2D eigenvalue weighted by molar-refractivity contribution is 0.357. The van der Waals surface area contributed by atoms with Crippen LogP contribution in [-0.2, 0) is 12.8 Å². The Morgan fingerprint density at radius 3 is 2.74 bits per heavy atom. The van der Waals surface area contributed by atoms with Crippen molar-refractivity contribution >= 4 is 11.5 Å². The number of rotatable bonds is 8. The highest BCUT2D eigenvalue weighted by atomic mass is 32.1. The zero-order valence-corrected chi connectivity index (χ0v) is 17.6. The summed E-state index contributed by atoms with van der Waals surface area (Å²) in [6.45, 7) is 10.7. The zero-order valence-electron chi connectivity index (χ0n) is 16.8. The number of hydrogen-bond acceptors (Lipinski definition) is 5. The normalized spacial score (nSPS) is 11.3. The Kier molecular flexibility index (Phi) is 6.29. The van der Waals surface area contributed by atoms with Gasteiger partial charge in [-0.05, 0) is 69.1 Å². The number of benzene rings is 1. The van der Waals surface area contributed by atoms with Crippen molar-refractivity contribution < 1.29 is 4.74 Å². The van der Waals surface area contributed by atoms with Gasteiger partial charge in [-0.1, -0.05) is 19.9 Å². The van der Waals surface area contributed by atoms with Crippen LogP contribution in [0.5, 0.6) is 10.9 Å². The lowest BCUT2D eigenvalue weighted by Crippen LogP contribution is -2.20. The number of likely N-dealkylation sites (N-methyl/N-ethyl adjacent to an activating group) is 1. The number of aryl methyl sites for hydroxylation is 3. The molecule has 0 spiro atoms. The summed E-state index contributed by atoms with van der Waals surface area (Å²) in [6, 6.07) is 6.37. The first-order chi connectivity index (χ1) is 13.0. The standard InChI is InChI=1S/C21H28N4OS/c1-6-18-17(8-10-22-18)20-23-21(27-24-20)26-19-13-14(3)16(12-15(19)4)9-11-25(5)7-2/h8,10,12-13,22H,6-7,9,11H2,1-5H3. The molecule has 1 aromatic carbocycles. The largest absolute Gasteiger partial charge is 0.430 e. The predicted molar refractivity (Wildman–Crippen MR) is 112 cm³/mol. The minimum atomic E-state index is 0.578. The Balaban J connectivity index is 1.75. The highest BCUT2D eigenvalue weighted by Gasteiger charge is 2.14. The van der Waals surface area contributed by atoms with Crippen LogP contribution in [0.1, 0.15) is 36.2 Å². The lowest BCUT2D eigenvalue weighted by Gasteiger charge is -2.16. The fourth-order valence-corrected chi connectivity index (χ4v) is 3.62. The van der Waals surface area contributed by atoms with Gasteiger partial charge in [0, 0.05) is 35.5 Å². The third-order valence-electron chi connectivity index (χ3n) is 4.97. The van der Waals surface area contributed by atoms with E-state index < -0.39 is 0 Å². The maximum atomic E-state index is 6.07. The van der Waals surface area contributed by atoms with Crippen molar-refractivity contribution in [2.75, 3.05) is 20.1 Å². The second-order valence-electron chi connectivity index (χ2n) is 6.90. The number of aromatic amines is 1. The summed E-state index contributed by atoms with van der Waals surface area (Å²) in [4.78, 5) is 10.1. The summed E-state index contributed by atoms with van der Waals surface area (Å²) in [6.07, 6.45) is 3.90. The Bertz CT molecular complexity index is 899. The molecule has 2 aromatic heterocycles. The number of aromatic nitrogens is 3. The first-order valence-electron chi connectivity index (χ1n) is 9.48. The van der Waals surface area contributed by atoms with E-state index in [9.17, 15) is 0 Å². The van der Waals surface area contributed by atoms with Crippen molar-refractivity contribution in [2.24, 2.45) is 0 Å². The predicted octanol–water partition coefficient (Wildman–Crippen LogP) is 5.00. The van der Waals surface area contributed by atoms with Gasteiger partial charge in [0.2, 0.25) is 0 Å². The molecule has 2 heterocycles. The van der Waals surface area contributed by atoms with Gasteiger partial charge in [-0.2, -0.15) is 9.36 Å². The Morgan fingerprint density at radius 1 is 1.19 bits per heavy atom. The molecule has 5 nitrogen and oxygen atoms in total. The van der Waals surface area contributed by atoms with E-state index in [1.54, 1.807) is 0 Å². The number of nitrogens with zero attached hydrogens (tertiary/aromatic N) is 3. The molecule has 0 aliphatic carbocycles. The molecule has 0 fully saturated rings. The quantitative estimate of drug-likeness (QED) is 0.594. The highest BCUT2D eigenvalue weighted by molar-refractivity contribution is 7.07. The van der Waals surface area contributed by atoms with Crippen LogP contribution in [0.2, 0.25) is 0 Å². The Labute approximate surface area is 165 Å². The van der Waals surface area contributed by atoms with Gasteiger partial charge in [0.1, 0.15) is 5.75 Å². The summed E-state index contributed by atoms with van der Waals surface area (Å²) in [5, 5.41) is 0.578. The lowest BCUT2D eigenvalue weighted by atomic mass is 10.0. The molecule has 0 bridgehead atoms. The SMILES string of the molecule is CCc1[nH]ccc1-c1nsc(Oc2cc(C)c(CCN(C)CC)cc2C)n1. The van der Waals surface area contributed by atoms with E-state index >= 15 is 0 Å². The molecule has 0 amide bonds. The van der Waals surface area contributed by atoms with Crippen LogP contribution in [-0.4, -0.2) is 39.4 Å². The number of ether oxygens (including phenoxy) is 1. The van der Waals surface area contributed by atoms with E-state index in [4.69, 9.17) is 4.74 Å². The molecule has 0 radical (unpaired) electrons. The van der Waals surface area contributed by atoms with Gasteiger partial charge in [-0.3, -0.25) is 0 Å². The molecule has 0 aliphatic heterocycles. The molecular weight excluding hydrogens is 356 g/mol. The van der Waals surface area contributed by atoms with Gasteiger partial charge in [-0.25, -0.2) is 0 Å². The maximum absolute atomic E-state index is 6.07. The van der Waals surface area contributed by atoms with Crippen LogP contribution in [0.15, 0.2) is 24.4 Å². The van der Waals surface area contributed by atoms with Crippen LogP contribution in [0.3, 0.4) is 0 Å². The molecule has 1 N–H and O–H groups in total. The average Bonchev–Trinajstić information content (AvgIpc) is 3.31. The fourth-order valence-electron chi connectivity index (χ4n) is 3.06. The molecule has 3 rings (SSSR count). The van der Waals surface area contributed by atoms with E-state index in [1.807, 2.05) is 12.3 Å². The van der Waals surface area contributed by atoms with Crippen LogP contribution in [0.4, 0.5) is 0 Å². The van der Waals surface area contributed by atoms with Crippen molar-refractivity contribution in [3.63, 3.8) is 0 Å². The number of nitrogens with one attached hydrogen (secondary N) is 1. The van der Waals surface area contributed by atoms with Gasteiger partial charge >= 0.3 is 0 Å². The number of hydrogen-bond donors (Lipinski definition) is 1. The molecule has 3 aromatic rings. The van der Waals surface area contributed by atoms with Crippen LogP contribution < -0.4 is 4.74 Å². The molecular formula is C21H28N4OS. The summed E-state index contributed by atoms with van der Waals surface area (Å²) in [5.41, 5.74) is 5.95. The summed E-state index contributed by atoms with van der Waals surface area (Å²) >= 11 is 1.29. The minimum Gasteiger partial charge on any atom is -0.430 e. The van der Waals surface area contributed by atoms with Crippen LogP contribution in [0, 0.1) is 13.8 Å². The molecule has 27 heavy (non-hydrogen) atoms. The van der Waals surface area contributed by atoms with Gasteiger partial charge in [0.25, 0.3) is 5.19 Å². The summed E-state index contributed by atoms with van der Waals surface area (Å²) < 4.78 is 10.5. The molecule has 0 saturated heterocycles. The van der Waals surface area contributed by atoms with Crippen molar-refractivity contribution in [3.05, 3.63) is 46.8 Å². The van der Waals surface area contributed by atoms with Gasteiger partial charge in [-0.15, -0.1) is 0 Å². The van der Waals surface area contributed by atoms with E-state index in [0.29, 0.717) is 5.19 Å². The fraction of sp³-hybridized carbons (Fsp3) is 0.429.